The zero-order valence-corrected chi connectivity index (χ0v) is 19.0. The van der Waals surface area contributed by atoms with E-state index in [0.717, 1.165) is 6.42 Å². The van der Waals surface area contributed by atoms with Crippen LogP contribution in [0, 0.1) is 6.92 Å². The average Bonchev–Trinajstić information content (AvgIpc) is 3.27. The molecule has 0 atom stereocenters. The molecule has 4 aromatic carbocycles. The molecule has 0 saturated heterocycles. The lowest BCUT2D eigenvalue weighted by molar-refractivity contribution is 0.659. The molecule has 0 radical (unpaired) electrons. The maximum Gasteiger partial charge on any atom is 0.0159 e. The molecule has 2 aliphatic carbocycles. The summed E-state index contributed by atoms with van der Waals surface area (Å²) in [6.07, 6.45) is 3.02. The first-order chi connectivity index (χ1) is 15.0. The average molecular weight is 421 g/mol. The Bertz CT molecular complexity index is 1270. The van der Waals surface area contributed by atoms with Gasteiger partial charge in [0.1, 0.15) is 0 Å². The summed E-state index contributed by atoms with van der Waals surface area (Å²) in [7, 11) is 0. The Labute approximate surface area is 190 Å². The predicted molar refractivity (Wildman–Crippen MR) is 136 cm³/mol. The van der Waals surface area contributed by atoms with Crippen molar-refractivity contribution in [2.45, 2.75) is 32.6 Å². The van der Waals surface area contributed by atoms with Gasteiger partial charge in [0.15, 0.2) is 0 Å². The zero-order chi connectivity index (χ0) is 21.6. The van der Waals surface area contributed by atoms with Crippen LogP contribution in [-0.4, -0.2) is 0 Å². The van der Waals surface area contributed by atoms with E-state index in [1.54, 1.807) is 0 Å². The van der Waals surface area contributed by atoms with E-state index >= 15 is 0 Å². The fourth-order valence-corrected chi connectivity index (χ4v) is 5.08. The zero-order valence-electron chi connectivity index (χ0n) is 19.0. The summed E-state index contributed by atoms with van der Waals surface area (Å²) < 4.78 is 0. The summed E-state index contributed by atoms with van der Waals surface area (Å²) in [4.78, 5) is 0. The third-order valence-electron chi connectivity index (χ3n) is 6.80. The summed E-state index contributed by atoms with van der Waals surface area (Å²) in [6, 6.07) is 30.7. The van der Waals surface area contributed by atoms with Crippen molar-refractivity contribution in [2.75, 3.05) is 0 Å². The van der Waals surface area contributed by atoms with Gasteiger partial charge in [-0.1, -0.05) is 117 Å². The summed E-state index contributed by atoms with van der Waals surface area (Å²) in [5, 5.41) is 0. The van der Waals surface area contributed by atoms with Gasteiger partial charge in [-0.05, 0) is 63.4 Å². The molecule has 0 aromatic heterocycles. The van der Waals surface area contributed by atoms with Gasteiger partial charge in [-0.2, -0.15) is 0 Å². The van der Waals surface area contributed by atoms with Crippen LogP contribution in [0.15, 0.2) is 91.5 Å². The normalized spacial score (nSPS) is 13.5. The van der Waals surface area contributed by atoms with Crippen molar-refractivity contribution in [1.82, 2.24) is 0 Å². The van der Waals surface area contributed by atoms with Crippen LogP contribution in [0.25, 0.3) is 28.3 Å². The third kappa shape index (κ3) is 3.48. The smallest absolute Gasteiger partial charge is 0.0159 e. The molecule has 0 spiro atoms. The van der Waals surface area contributed by atoms with E-state index in [9.17, 15) is 0 Å². The molecule has 0 heterocycles. The number of hydrogen-bond acceptors (Lipinski definition) is 0. The van der Waals surface area contributed by atoms with Gasteiger partial charge in [0.25, 0.3) is 0 Å². The van der Waals surface area contributed by atoms with Gasteiger partial charge in [-0.3, -0.25) is 4.70 Å². The van der Waals surface area contributed by atoms with E-state index in [2.05, 4.69) is 112 Å². The Balaban J connectivity index is 0.000000155. The molecule has 0 unspecified atom stereocenters. The van der Waals surface area contributed by atoms with Crippen molar-refractivity contribution in [2.24, 2.45) is 0 Å². The minimum Gasteiger partial charge on any atom is -0.269 e. The fraction of sp³-hybridized carbons (Fsp3) is 0.161. The maximum absolute atomic E-state index is 3.87. The molecule has 0 amide bonds. The van der Waals surface area contributed by atoms with E-state index in [1.807, 2.05) is 6.08 Å². The minimum absolute atomic E-state index is 0. The molecule has 1 heteroatoms. The lowest BCUT2D eigenvalue weighted by Gasteiger charge is -2.22. The Hall–Kier alpha value is -3.45. The second kappa shape index (κ2) is 8.24. The van der Waals surface area contributed by atoms with Crippen molar-refractivity contribution in [3.63, 3.8) is 0 Å². The molecule has 2 aliphatic rings. The van der Waals surface area contributed by atoms with E-state index < -0.39 is 0 Å². The molecule has 0 N–H and O–H groups in total. The number of benzene rings is 4. The van der Waals surface area contributed by atoms with Crippen LogP contribution in [-0.2, 0) is 11.8 Å². The number of halogens is 1. The second-order valence-electron chi connectivity index (χ2n) is 9.17. The van der Waals surface area contributed by atoms with Crippen LogP contribution < -0.4 is 0 Å². The predicted octanol–water partition coefficient (Wildman–Crippen LogP) is 8.35. The second-order valence-corrected chi connectivity index (χ2v) is 9.17. The van der Waals surface area contributed by atoms with Crippen LogP contribution in [0.3, 0.4) is 0 Å². The highest BCUT2D eigenvalue weighted by molar-refractivity contribution is 5.82. The monoisotopic (exact) mass is 420 g/mol. The quantitative estimate of drug-likeness (QED) is 0.255. The van der Waals surface area contributed by atoms with E-state index in [1.165, 1.54) is 55.6 Å². The van der Waals surface area contributed by atoms with Crippen molar-refractivity contribution in [3.8, 4) is 22.3 Å². The molecule has 160 valence electrons. The van der Waals surface area contributed by atoms with Crippen LogP contribution in [0.5, 0.6) is 0 Å². The summed E-state index contributed by atoms with van der Waals surface area (Å²) in [5.74, 6) is 0. The molecule has 0 saturated carbocycles. The summed E-state index contributed by atoms with van der Waals surface area (Å²) in [5.41, 5.74) is 14.0. The summed E-state index contributed by atoms with van der Waals surface area (Å²) in [6.45, 7) is 10.6. The highest BCUT2D eigenvalue weighted by Gasteiger charge is 2.35. The molecule has 0 bridgehead atoms. The Morgan fingerprint density at radius 3 is 1.81 bits per heavy atom. The van der Waals surface area contributed by atoms with Gasteiger partial charge in [-0.15, -0.1) is 0 Å². The minimum atomic E-state index is 0. The molecule has 6 rings (SSSR count). The van der Waals surface area contributed by atoms with Crippen LogP contribution in [0.2, 0.25) is 0 Å². The molecule has 0 aliphatic heterocycles. The number of fused-ring (bicyclic) bond motifs is 6. The Morgan fingerprint density at radius 2 is 1.22 bits per heavy atom. The topological polar surface area (TPSA) is 0 Å². The first kappa shape index (κ1) is 21.8. The van der Waals surface area contributed by atoms with E-state index in [0.29, 0.717) is 0 Å². The molecule has 4 aromatic rings. The molecular formula is C31H29F. The third-order valence-corrected chi connectivity index (χ3v) is 6.80. The van der Waals surface area contributed by atoms with E-state index in [-0.39, 0.29) is 10.1 Å². The number of rotatable bonds is 1. The van der Waals surface area contributed by atoms with Crippen molar-refractivity contribution >= 4 is 6.08 Å². The Kier molecular flexibility index (Phi) is 5.60. The molecule has 0 nitrogen and oxygen atoms in total. The maximum atomic E-state index is 3.87. The van der Waals surface area contributed by atoms with Gasteiger partial charge in [-0.25, -0.2) is 0 Å². The van der Waals surface area contributed by atoms with Gasteiger partial charge >= 0.3 is 0 Å². The molecule has 0 fully saturated rings. The van der Waals surface area contributed by atoms with Gasteiger partial charge in [0.2, 0.25) is 0 Å². The van der Waals surface area contributed by atoms with Gasteiger partial charge < -0.3 is 0 Å². The largest absolute Gasteiger partial charge is 0.269 e. The van der Waals surface area contributed by atoms with Crippen LogP contribution >= 0.6 is 0 Å². The fourth-order valence-electron chi connectivity index (χ4n) is 5.08. The van der Waals surface area contributed by atoms with Gasteiger partial charge in [0, 0.05) is 5.41 Å². The Morgan fingerprint density at radius 1 is 0.688 bits per heavy atom. The highest BCUT2D eigenvalue weighted by Crippen LogP contribution is 2.49. The molecule has 32 heavy (non-hydrogen) atoms. The van der Waals surface area contributed by atoms with Crippen molar-refractivity contribution in [1.29, 1.82) is 0 Å². The van der Waals surface area contributed by atoms with Crippen LogP contribution in [0.1, 0.15) is 47.2 Å². The van der Waals surface area contributed by atoms with E-state index in [4.69, 9.17) is 0 Å². The first-order valence-electron chi connectivity index (χ1n) is 11.0. The SMILES string of the molecule is C=Cc1ccc2c(c1)C(C)(C)c1cc(C)ccc1-2.F.c1ccc2c(c1)Cc1ccccc1-2. The first-order valence-corrected chi connectivity index (χ1v) is 11.0. The van der Waals surface area contributed by atoms with Gasteiger partial charge in [0.05, 0.1) is 0 Å². The van der Waals surface area contributed by atoms with Crippen LogP contribution in [0.4, 0.5) is 4.70 Å². The highest BCUT2D eigenvalue weighted by atomic mass is 19.0. The number of aryl methyl sites for hydroxylation is 1. The lowest BCUT2D eigenvalue weighted by Crippen LogP contribution is -2.15. The number of hydrogen-bond donors (Lipinski definition) is 0. The standard InChI is InChI=1S/C18H18.C13H10.FH/c1-5-13-7-9-15-14-8-6-12(2)10-16(14)18(3,4)17(15)11-13;1-3-7-12-10(5-1)9-11-6-2-4-8-13(11)12;/h5-11H,1H2,2-4H3;1-8H,9H2;1H. The van der Waals surface area contributed by atoms with Crippen molar-refractivity contribution < 1.29 is 4.70 Å². The van der Waals surface area contributed by atoms with Crippen molar-refractivity contribution in [3.05, 3.63) is 125 Å². The molecular weight excluding hydrogens is 391 g/mol. The summed E-state index contributed by atoms with van der Waals surface area (Å²) >= 11 is 0. The lowest BCUT2D eigenvalue weighted by atomic mass is 9.81.